The zero-order chi connectivity index (χ0) is 24.1. The molecule has 0 aliphatic carbocycles. The molecule has 3 aromatic carbocycles. The number of nitrogens with zero attached hydrogens (tertiary/aromatic N) is 2. The summed E-state index contributed by atoms with van der Waals surface area (Å²) >= 11 is 0. The van der Waals surface area contributed by atoms with Crippen LogP contribution in [0.15, 0.2) is 84.9 Å². The maximum Gasteiger partial charge on any atom is 0.124 e. The Kier molecular flexibility index (Phi) is 5.16. The van der Waals surface area contributed by atoms with Gasteiger partial charge in [-0.15, -0.1) is 0 Å². The molecule has 0 saturated carbocycles. The zero-order valence-corrected chi connectivity index (χ0v) is 20.4. The van der Waals surface area contributed by atoms with E-state index in [1.165, 1.54) is 11.1 Å². The van der Waals surface area contributed by atoms with E-state index < -0.39 is 0 Å². The lowest BCUT2D eigenvalue weighted by Crippen LogP contribution is -2.22. The number of pyridine rings is 2. The second-order valence-electron chi connectivity index (χ2n) is 10.6. The lowest BCUT2D eigenvalue weighted by atomic mass is 9.77. The second-order valence-corrected chi connectivity index (χ2v) is 10.6. The van der Waals surface area contributed by atoms with Gasteiger partial charge in [-0.25, -0.2) is 9.97 Å². The molecule has 0 atom stereocenters. The predicted octanol–water partition coefficient (Wildman–Crippen LogP) is 7.78. The van der Waals surface area contributed by atoms with E-state index in [2.05, 4.69) is 89.2 Å². The highest BCUT2D eigenvalue weighted by atomic mass is 16.3. The van der Waals surface area contributed by atoms with Gasteiger partial charge in [-0.2, -0.15) is 0 Å². The highest BCUT2D eigenvalue weighted by Crippen LogP contribution is 2.36. The lowest BCUT2D eigenvalue weighted by Gasteiger charge is -2.28. The molecule has 0 saturated heterocycles. The number of benzene rings is 3. The largest absolute Gasteiger partial charge is 0.507 e. The van der Waals surface area contributed by atoms with Gasteiger partial charge in [-0.05, 0) is 40.8 Å². The number of aromatic hydroxyl groups is 1. The van der Waals surface area contributed by atoms with E-state index >= 15 is 0 Å². The number of hydrogen-bond acceptors (Lipinski definition) is 3. The number of hydrogen-bond donors (Lipinski definition) is 1. The third-order valence-electron chi connectivity index (χ3n) is 6.79. The number of aromatic nitrogens is 2. The third kappa shape index (κ3) is 3.81. The summed E-state index contributed by atoms with van der Waals surface area (Å²) in [6, 6.07) is 28.6. The van der Waals surface area contributed by atoms with Crippen molar-refractivity contribution in [2.75, 3.05) is 0 Å². The highest BCUT2D eigenvalue weighted by Gasteiger charge is 2.27. The summed E-state index contributed by atoms with van der Waals surface area (Å²) in [5, 5.41) is 12.4. The first-order chi connectivity index (χ1) is 16.1. The first kappa shape index (κ1) is 22.1. The van der Waals surface area contributed by atoms with Gasteiger partial charge in [0.05, 0.1) is 22.4 Å². The molecule has 0 unspecified atom stereocenters. The molecule has 5 rings (SSSR count). The third-order valence-corrected chi connectivity index (χ3v) is 6.79. The quantitative estimate of drug-likeness (QED) is 0.288. The van der Waals surface area contributed by atoms with Crippen molar-refractivity contribution in [2.45, 2.75) is 45.4 Å². The van der Waals surface area contributed by atoms with Crippen LogP contribution < -0.4 is 0 Å². The van der Waals surface area contributed by atoms with E-state index in [9.17, 15) is 5.11 Å². The lowest BCUT2D eigenvalue weighted by molar-refractivity contribution is 0.477. The summed E-state index contributed by atoms with van der Waals surface area (Å²) in [5.74, 6) is 0.225. The van der Waals surface area contributed by atoms with Crippen molar-refractivity contribution in [3.63, 3.8) is 0 Å². The topological polar surface area (TPSA) is 46.0 Å². The van der Waals surface area contributed by atoms with Crippen LogP contribution >= 0.6 is 0 Å². The molecule has 0 aliphatic rings. The predicted molar refractivity (Wildman–Crippen MR) is 141 cm³/mol. The van der Waals surface area contributed by atoms with Crippen LogP contribution in [-0.2, 0) is 10.8 Å². The standard InChI is InChI=1S/C31H30N2O/c1-30(2,3)22-9-8-10-23(19-22)31(4,5)27-18-16-21-14-13-20-15-17-25(32-28(20)29(21)33-27)24-11-6-7-12-26(24)34/h6-19,34H,1-5H3. The highest BCUT2D eigenvalue weighted by molar-refractivity contribution is 6.03. The molecule has 0 aliphatic heterocycles. The van der Waals surface area contributed by atoms with E-state index in [-0.39, 0.29) is 16.6 Å². The second kappa shape index (κ2) is 7.95. The normalized spacial score (nSPS) is 12.4. The van der Waals surface area contributed by atoms with Crippen LogP contribution in [0.1, 0.15) is 51.4 Å². The van der Waals surface area contributed by atoms with Crippen molar-refractivity contribution < 1.29 is 5.11 Å². The fourth-order valence-corrected chi connectivity index (χ4v) is 4.48. The molecule has 34 heavy (non-hydrogen) atoms. The number of rotatable bonds is 3. The minimum atomic E-state index is -0.271. The van der Waals surface area contributed by atoms with Crippen LogP contribution in [0.2, 0.25) is 0 Å². The summed E-state index contributed by atoms with van der Waals surface area (Å²) in [6.07, 6.45) is 0. The first-order valence-electron chi connectivity index (χ1n) is 11.7. The van der Waals surface area contributed by atoms with Gasteiger partial charge in [0.2, 0.25) is 0 Å². The van der Waals surface area contributed by atoms with Gasteiger partial charge in [0, 0.05) is 21.8 Å². The summed E-state index contributed by atoms with van der Waals surface area (Å²) < 4.78 is 0. The van der Waals surface area contributed by atoms with E-state index in [4.69, 9.17) is 9.97 Å². The fraction of sp³-hybridized carbons (Fsp3) is 0.226. The zero-order valence-electron chi connectivity index (χ0n) is 20.4. The molecule has 0 spiro atoms. The molecule has 3 heteroatoms. The SMILES string of the molecule is CC(C)(C)c1cccc(C(C)(C)c2ccc3ccc4ccc(-c5ccccc5O)nc4c3n2)c1. The number of phenols is 1. The van der Waals surface area contributed by atoms with Crippen LogP contribution in [-0.4, -0.2) is 15.1 Å². The Bertz CT molecular complexity index is 1530. The molecular formula is C31H30N2O. The Morgan fingerprint density at radius 3 is 1.94 bits per heavy atom. The Hall–Kier alpha value is -3.72. The molecule has 5 aromatic rings. The fourth-order valence-electron chi connectivity index (χ4n) is 4.48. The van der Waals surface area contributed by atoms with Crippen LogP contribution in [0.4, 0.5) is 0 Å². The van der Waals surface area contributed by atoms with E-state index in [1.807, 2.05) is 24.3 Å². The van der Waals surface area contributed by atoms with Gasteiger partial charge in [0.1, 0.15) is 5.75 Å². The molecule has 170 valence electrons. The van der Waals surface area contributed by atoms with Gasteiger partial charge in [-0.1, -0.05) is 95.3 Å². The van der Waals surface area contributed by atoms with E-state index in [0.29, 0.717) is 0 Å². The van der Waals surface area contributed by atoms with Crippen molar-refractivity contribution in [3.05, 3.63) is 102 Å². The molecule has 1 N–H and O–H groups in total. The van der Waals surface area contributed by atoms with Crippen molar-refractivity contribution in [1.29, 1.82) is 0 Å². The van der Waals surface area contributed by atoms with Crippen molar-refractivity contribution >= 4 is 21.8 Å². The van der Waals surface area contributed by atoms with E-state index in [1.54, 1.807) is 6.07 Å². The van der Waals surface area contributed by atoms with Gasteiger partial charge >= 0.3 is 0 Å². The molecule has 0 amide bonds. The molecule has 0 bridgehead atoms. The molecule has 0 fully saturated rings. The maximum absolute atomic E-state index is 10.4. The number of phenolic OH excluding ortho intramolecular Hbond substituents is 1. The first-order valence-corrected chi connectivity index (χ1v) is 11.7. The summed E-state index contributed by atoms with van der Waals surface area (Å²) in [7, 11) is 0. The minimum Gasteiger partial charge on any atom is -0.507 e. The average Bonchev–Trinajstić information content (AvgIpc) is 2.83. The molecule has 2 aromatic heterocycles. The summed E-state index contributed by atoms with van der Waals surface area (Å²) in [5.41, 5.74) is 6.57. The Balaban J connectivity index is 1.68. The van der Waals surface area contributed by atoms with Crippen LogP contribution in [0.25, 0.3) is 33.1 Å². The summed E-state index contributed by atoms with van der Waals surface area (Å²) in [4.78, 5) is 10.1. The number of fused-ring (bicyclic) bond motifs is 3. The van der Waals surface area contributed by atoms with Gasteiger partial charge in [0.25, 0.3) is 0 Å². The average molecular weight is 447 g/mol. The van der Waals surface area contributed by atoms with Gasteiger partial charge in [0.15, 0.2) is 0 Å². The molecule has 2 heterocycles. The van der Waals surface area contributed by atoms with Crippen LogP contribution in [0.5, 0.6) is 5.75 Å². The Morgan fingerprint density at radius 1 is 0.618 bits per heavy atom. The Morgan fingerprint density at radius 2 is 1.24 bits per heavy atom. The monoisotopic (exact) mass is 446 g/mol. The maximum atomic E-state index is 10.4. The van der Waals surface area contributed by atoms with Crippen LogP contribution in [0, 0.1) is 0 Å². The number of para-hydroxylation sites is 1. The minimum absolute atomic E-state index is 0.0857. The molecule has 0 radical (unpaired) electrons. The summed E-state index contributed by atoms with van der Waals surface area (Å²) in [6.45, 7) is 11.2. The van der Waals surface area contributed by atoms with Crippen LogP contribution in [0.3, 0.4) is 0 Å². The van der Waals surface area contributed by atoms with Gasteiger partial charge in [-0.3, -0.25) is 0 Å². The molecular weight excluding hydrogens is 416 g/mol. The van der Waals surface area contributed by atoms with Crippen molar-refractivity contribution in [1.82, 2.24) is 9.97 Å². The molecule has 3 nitrogen and oxygen atoms in total. The van der Waals surface area contributed by atoms with Crippen molar-refractivity contribution in [3.8, 4) is 17.0 Å². The van der Waals surface area contributed by atoms with Crippen molar-refractivity contribution in [2.24, 2.45) is 0 Å². The van der Waals surface area contributed by atoms with Gasteiger partial charge < -0.3 is 5.11 Å². The van der Waals surface area contributed by atoms with E-state index in [0.717, 1.165) is 38.8 Å². The smallest absolute Gasteiger partial charge is 0.124 e. The Labute approximate surface area is 201 Å².